The molecule has 1 aromatic carbocycles. The highest BCUT2D eigenvalue weighted by molar-refractivity contribution is 6.33. The molecule has 0 aliphatic heterocycles. The topological polar surface area (TPSA) is 61.5 Å². The van der Waals surface area contributed by atoms with Gasteiger partial charge in [-0.1, -0.05) is 32.4 Å². The van der Waals surface area contributed by atoms with Crippen LogP contribution in [0.5, 0.6) is 5.75 Å². The molecule has 0 atom stereocenters. The fourth-order valence-corrected chi connectivity index (χ4v) is 1.86. The Balaban J connectivity index is 2.95. The lowest BCUT2D eigenvalue weighted by molar-refractivity contribution is 0.0521. The zero-order valence-corrected chi connectivity index (χ0v) is 13.2. The summed E-state index contributed by atoms with van der Waals surface area (Å²) in [5.74, 6) is -0.143. The van der Waals surface area contributed by atoms with Gasteiger partial charge in [0.1, 0.15) is 5.56 Å². The highest BCUT2D eigenvalue weighted by Crippen LogP contribution is 2.33. The number of esters is 1. The molecule has 0 bridgehead atoms. The normalized spacial score (nSPS) is 11.2. The van der Waals surface area contributed by atoms with E-state index in [4.69, 9.17) is 26.8 Å². The third-order valence-corrected chi connectivity index (χ3v) is 2.94. The van der Waals surface area contributed by atoms with Crippen molar-refractivity contribution in [1.82, 2.24) is 0 Å². The second-order valence-electron chi connectivity index (χ2n) is 5.76. The molecule has 0 saturated heterocycles. The average molecular weight is 300 g/mol. The monoisotopic (exact) mass is 299 g/mol. The van der Waals surface area contributed by atoms with Crippen molar-refractivity contribution in [3.05, 3.63) is 22.7 Å². The first kappa shape index (κ1) is 16.6. The summed E-state index contributed by atoms with van der Waals surface area (Å²) in [7, 11) is 0. The van der Waals surface area contributed by atoms with E-state index in [0.717, 1.165) is 6.42 Å². The number of rotatable bonds is 5. The lowest BCUT2D eigenvalue weighted by Crippen LogP contribution is -2.14. The minimum Gasteiger partial charge on any atom is -0.491 e. The maximum atomic E-state index is 11.9. The minimum absolute atomic E-state index is 0.143. The molecule has 0 saturated carbocycles. The van der Waals surface area contributed by atoms with Crippen LogP contribution in [0.4, 0.5) is 5.69 Å². The zero-order valence-electron chi connectivity index (χ0n) is 12.5. The van der Waals surface area contributed by atoms with E-state index in [1.807, 2.05) is 0 Å². The molecular formula is C15H22ClNO3. The Labute approximate surface area is 125 Å². The van der Waals surface area contributed by atoms with Crippen molar-refractivity contribution in [2.45, 2.75) is 34.1 Å². The Hall–Kier alpha value is -1.42. The minimum atomic E-state index is -0.479. The standard InChI is InChI=1S/C15H22ClNO3/c1-5-19-14(18)11-8-10(17)9-12(16)13(11)20-7-6-15(2,3)4/h8-9H,5-7,17H2,1-4H3. The van der Waals surface area contributed by atoms with Crippen molar-refractivity contribution in [3.63, 3.8) is 0 Å². The number of nitrogen functional groups attached to an aromatic ring is 1. The van der Waals surface area contributed by atoms with E-state index in [2.05, 4.69) is 20.8 Å². The fraction of sp³-hybridized carbons (Fsp3) is 0.533. The average Bonchev–Trinajstić information content (AvgIpc) is 2.30. The second-order valence-corrected chi connectivity index (χ2v) is 6.17. The van der Waals surface area contributed by atoms with Crippen molar-refractivity contribution in [2.75, 3.05) is 18.9 Å². The maximum Gasteiger partial charge on any atom is 0.342 e. The van der Waals surface area contributed by atoms with Crippen LogP contribution in [0.25, 0.3) is 0 Å². The molecule has 0 aromatic heterocycles. The van der Waals surface area contributed by atoms with Gasteiger partial charge in [0.15, 0.2) is 5.75 Å². The van der Waals surface area contributed by atoms with Crippen LogP contribution in [-0.4, -0.2) is 19.2 Å². The quantitative estimate of drug-likeness (QED) is 0.661. The molecular weight excluding hydrogens is 278 g/mol. The van der Waals surface area contributed by atoms with Crippen LogP contribution in [0.15, 0.2) is 12.1 Å². The first-order valence-corrected chi connectivity index (χ1v) is 7.01. The van der Waals surface area contributed by atoms with Crippen molar-refractivity contribution < 1.29 is 14.3 Å². The van der Waals surface area contributed by atoms with E-state index < -0.39 is 5.97 Å². The molecule has 20 heavy (non-hydrogen) atoms. The third kappa shape index (κ3) is 4.93. The Bertz CT molecular complexity index is 481. The van der Waals surface area contributed by atoms with Crippen molar-refractivity contribution in [1.29, 1.82) is 0 Å². The highest BCUT2D eigenvalue weighted by Gasteiger charge is 2.19. The summed E-state index contributed by atoms with van der Waals surface area (Å²) in [6, 6.07) is 3.09. The smallest absolute Gasteiger partial charge is 0.342 e. The van der Waals surface area contributed by atoms with E-state index in [-0.39, 0.29) is 17.6 Å². The Morgan fingerprint density at radius 3 is 2.55 bits per heavy atom. The van der Waals surface area contributed by atoms with Gasteiger partial charge in [-0.3, -0.25) is 0 Å². The zero-order chi connectivity index (χ0) is 15.3. The molecule has 1 aromatic rings. The summed E-state index contributed by atoms with van der Waals surface area (Å²) in [5.41, 5.74) is 6.53. The van der Waals surface area contributed by atoms with Gasteiger partial charge in [0.25, 0.3) is 0 Å². The predicted octanol–water partition coefficient (Wildman–Crippen LogP) is 3.91. The Kier molecular flexibility index (Phi) is 5.69. The highest BCUT2D eigenvalue weighted by atomic mass is 35.5. The molecule has 0 spiro atoms. The van der Waals surface area contributed by atoms with Crippen LogP contribution in [0.1, 0.15) is 44.5 Å². The largest absolute Gasteiger partial charge is 0.491 e. The molecule has 0 heterocycles. The van der Waals surface area contributed by atoms with Crippen molar-refractivity contribution >= 4 is 23.3 Å². The van der Waals surface area contributed by atoms with Crippen LogP contribution in [-0.2, 0) is 4.74 Å². The first-order valence-electron chi connectivity index (χ1n) is 6.63. The van der Waals surface area contributed by atoms with Crippen LogP contribution in [0.2, 0.25) is 5.02 Å². The molecule has 5 heteroatoms. The van der Waals surface area contributed by atoms with Gasteiger partial charge in [-0.25, -0.2) is 4.79 Å². The molecule has 4 nitrogen and oxygen atoms in total. The van der Waals surface area contributed by atoms with E-state index >= 15 is 0 Å². The van der Waals surface area contributed by atoms with Gasteiger partial charge in [-0.15, -0.1) is 0 Å². The van der Waals surface area contributed by atoms with Crippen LogP contribution < -0.4 is 10.5 Å². The van der Waals surface area contributed by atoms with Crippen LogP contribution >= 0.6 is 11.6 Å². The second kappa shape index (κ2) is 6.84. The van der Waals surface area contributed by atoms with Crippen molar-refractivity contribution in [2.24, 2.45) is 5.41 Å². The molecule has 2 N–H and O–H groups in total. The van der Waals surface area contributed by atoms with Gasteiger partial charge in [0, 0.05) is 5.69 Å². The first-order chi connectivity index (χ1) is 9.24. The number of nitrogens with two attached hydrogens (primary N) is 1. The number of hydrogen-bond acceptors (Lipinski definition) is 4. The number of benzene rings is 1. The molecule has 0 amide bonds. The number of carbonyl (C=O) groups excluding carboxylic acids is 1. The molecule has 112 valence electrons. The lowest BCUT2D eigenvalue weighted by Gasteiger charge is -2.19. The summed E-state index contributed by atoms with van der Waals surface area (Å²) in [6.07, 6.45) is 0.843. The predicted molar refractivity (Wildman–Crippen MR) is 81.4 cm³/mol. The van der Waals surface area contributed by atoms with Gasteiger partial charge >= 0.3 is 5.97 Å². The Morgan fingerprint density at radius 2 is 2.00 bits per heavy atom. The molecule has 0 radical (unpaired) electrons. The maximum absolute atomic E-state index is 11.9. The summed E-state index contributed by atoms with van der Waals surface area (Å²) in [4.78, 5) is 11.9. The van der Waals surface area contributed by atoms with Crippen LogP contribution in [0, 0.1) is 5.41 Å². The molecule has 0 aliphatic carbocycles. The number of anilines is 1. The van der Waals surface area contributed by atoms with Gasteiger partial charge in [0.2, 0.25) is 0 Å². The van der Waals surface area contributed by atoms with Gasteiger partial charge in [-0.2, -0.15) is 0 Å². The van der Waals surface area contributed by atoms with Crippen LogP contribution in [0.3, 0.4) is 0 Å². The summed E-state index contributed by atoms with van der Waals surface area (Å²) >= 11 is 6.12. The number of carbonyl (C=O) groups is 1. The van der Waals surface area contributed by atoms with E-state index in [1.54, 1.807) is 13.0 Å². The fourth-order valence-electron chi connectivity index (χ4n) is 1.58. The summed E-state index contributed by atoms with van der Waals surface area (Å²) in [5, 5.41) is 0.321. The number of halogens is 1. The van der Waals surface area contributed by atoms with E-state index in [1.165, 1.54) is 6.07 Å². The lowest BCUT2D eigenvalue weighted by atomic mass is 9.93. The number of ether oxygens (including phenoxy) is 2. The third-order valence-electron chi connectivity index (χ3n) is 2.66. The van der Waals surface area contributed by atoms with Crippen molar-refractivity contribution in [3.8, 4) is 5.75 Å². The molecule has 0 aliphatic rings. The number of hydrogen-bond donors (Lipinski definition) is 1. The van der Waals surface area contributed by atoms with Gasteiger partial charge in [-0.05, 0) is 30.9 Å². The SMILES string of the molecule is CCOC(=O)c1cc(N)cc(Cl)c1OCCC(C)(C)C. The molecule has 0 unspecified atom stereocenters. The van der Waals surface area contributed by atoms with Gasteiger partial charge in [0.05, 0.1) is 18.2 Å². The summed E-state index contributed by atoms with van der Waals surface area (Å²) < 4.78 is 10.7. The summed E-state index contributed by atoms with van der Waals surface area (Å²) in [6.45, 7) is 8.85. The molecule has 0 fully saturated rings. The van der Waals surface area contributed by atoms with Gasteiger partial charge < -0.3 is 15.2 Å². The Morgan fingerprint density at radius 1 is 1.35 bits per heavy atom. The molecule has 1 rings (SSSR count). The van der Waals surface area contributed by atoms with E-state index in [9.17, 15) is 4.79 Å². The van der Waals surface area contributed by atoms with E-state index in [0.29, 0.717) is 23.1 Å².